The molecule has 0 spiro atoms. The number of hydrogen-bond donors (Lipinski definition) is 1. The van der Waals surface area contributed by atoms with E-state index in [1.54, 1.807) is 6.07 Å². The largest absolute Gasteiger partial charge is 0.367 e. The number of hydrogen-bond acceptors (Lipinski definition) is 6. The average molecular weight is 502 g/mol. The number of pyridine rings is 1. The Morgan fingerprint density at radius 1 is 1.00 bits per heavy atom. The molecule has 2 aromatic carbocycles. The highest BCUT2D eigenvalue weighted by atomic mass is 19.1. The number of halogens is 1. The first-order valence-electron chi connectivity index (χ1n) is 13.2. The van der Waals surface area contributed by atoms with Crippen molar-refractivity contribution < 1.29 is 4.39 Å². The third kappa shape index (κ3) is 4.64. The first kappa shape index (κ1) is 23.8. The van der Waals surface area contributed by atoms with Gasteiger partial charge >= 0.3 is 0 Å². The Balaban J connectivity index is 1.39. The Labute approximate surface area is 215 Å². The van der Waals surface area contributed by atoms with Crippen molar-refractivity contribution in [1.29, 1.82) is 0 Å². The summed E-state index contributed by atoms with van der Waals surface area (Å²) in [5.74, 6) is 0.499. The van der Waals surface area contributed by atoms with Crippen molar-refractivity contribution >= 4 is 16.6 Å². The molecule has 4 aromatic rings. The molecule has 1 atom stereocenters. The molecular weight excluding hydrogens is 469 g/mol. The lowest BCUT2D eigenvalue weighted by molar-refractivity contribution is 0.192. The molecule has 37 heavy (non-hydrogen) atoms. The number of aromatic amines is 1. The highest BCUT2D eigenvalue weighted by Crippen LogP contribution is 2.34. The van der Waals surface area contributed by atoms with Gasteiger partial charge in [0.25, 0.3) is 5.56 Å². The molecule has 2 aromatic heterocycles. The quantitative estimate of drug-likeness (QED) is 0.437. The van der Waals surface area contributed by atoms with Gasteiger partial charge in [-0.3, -0.25) is 9.69 Å². The Morgan fingerprint density at radius 3 is 2.57 bits per heavy atom. The number of piperazine rings is 1. The first-order valence-corrected chi connectivity index (χ1v) is 13.2. The molecule has 1 aliphatic heterocycles. The molecule has 1 saturated carbocycles. The van der Waals surface area contributed by atoms with Gasteiger partial charge in [-0.15, -0.1) is 5.10 Å². The van der Waals surface area contributed by atoms with Crippen molar-refractivity contribution in [3.63, 3.8) is 0 Å². The fourth-order valence-corrected chi connectivity index (χ4v) is 5.94. The SMILES string of the molecule is Cc1ccc2[nH]c(=O)c(C(c3nnnn3C3CCCCC3)N3CCN(c4ccccc4F)CC3)cc2c1. The van der Waals surface area contributed by atoms with Gasteiger partial charge < -0.3 is 9.88 Å². The summed E-state index contributed by atoms with van der Waals surface area (Å²) in [5.41, 5.74) is 3.08. The van der Waals surface area contributed by atoms with Gasteiger partial charge in [0.05, 0.1) is 11.7 Å². The number of tetrazole rings is 1. The number of nitrogens with one attached hydrogen (secondary N) is 1. The zero-order valence-corrected chi connectivity index (χ0v) is 21.1. The topological polar surface area (TPSA) is 82.9 Å². The molecular formula is C28H32FN7O. The maximum atomic E-state index is 14.5. The second-order valence-corrected chi connectivity index (χ2v) is 10.3. The number of anilines is 1. The summed E-state index contributed by atoms with van der Waals surface area (Å²) in [6.45, 7) is 4.65. The lowest BCUT2D eigenvalue weighted by Gasteiger charge is -2.40. The van der Waals surface area contributed by atoms with E-state index >= 15 is 0 Å². The zero-order chi connectivity index (χ0) is 25.4. The number of H-pyrrole nitrogens is 1. The van der Waals surface area contributed by atoms with E-state index < -0.39 is 6.04 Å². The van der Waals surface area contributed by atoms with Gasteiger partial charge in [-0.2, -0.15) is 0 Å². The molecule has 1 unspecified atom stereocenters. The minimum absolute atomic E-state index is 0.129. The minimum Gasteiger partial charge on any atom is -0.367 e. The molecule has 6 rings (SSSR count). The van der Waals surface area contributed by atoms with Gasteiger partial charge in [-0.05, 0) is 65.9 Å². The van der Waals surface area contributed by atoms with Gasteiger partial charge in [0.1, 0.15) is 11.9 Å². The number of para-hydroxylation sites is 1. The number of benzene rings is 2. The summed E-state index contributed by atoms with van der Waals surface area (Å²) in [6, 6.07) is 14.8. The zero-order valence-electron chi connectivity index (χ0n) is 21.1. The fourth-order valence-electron chi connectivity index (χ4n) is 5.94. The van der Waals surface area contributed by atoms with Crippen LogP contribution in [0.4, 0.5) is 10.1 Å². The van der Waals surface area contributed by atoms with Crippen LogP contribution in [-0.2, 0) is 0 Å². The van der Waals surface area contributed by atoms with Crippen molar-refractivity contribution in [2.24, 2.45) is 0 Å². The standard InChI is InChI=1S/C28H32FN7O/c1-19-11-12-24-20(17-19)18-22(28(37)30-24)26(27-31-32-33-36(27)21-7-3-2-4-8-21)35-15-13-34(14-16-35)25-10-6-5-9-23(25)29/h5-6,9-12,17-18,21,26H,2-4,7-8,13-16H2,1H3,(H,30,37). The first-order chi connectivity index (χ1) is 18.1. The van der Waals surface area contributed by atoms with Gasteiger partial charge in [-0.1, -0.05) is 43.0 Å². The third-order valence-electron chi connectivity index (χ3n) is 7.88. The lowest BCUT2D eigenvalue weighted by Crippen LogP contribution is -2.49. The van der Waals surface area contributed by atoms with Crippen LogP contribution in [0.5, 0.6) is 0 Å². The van der Waals surface area contributed by atoms with Crippen molar-refractivity contribution in [2.45, 2.75) is 51.1 Å². The number of fused-ring (bicyclic) bond motifs is 1. The molecule has 1 aliphatic carbocycles. The van der Waals surface area contributed by atoms with Crippen LogP contribution in [0.2, 0.25) is 0 Å². The van der Waals surface area contributed by atoms with Gasteiger partial charge in [0, 0.05) is 37.3 Å². The Hall–Kier alpha value is -3.59. The van der Waals surface area contributed by atoms with Crippen LogP contribution < -0.4 is 10.5 Å². The van der Waals surface area contributed by atoms with Crippen molar-refractivity contribution in [2.75, 3.05) is 31.1 Å². The summed E-state index contributed by atoms with van der Waals surface area (Å²) < 4.78 is 16.4. The smallest absolute Gasteiger partial charge is 0.253 e. The number of aryl methyl sites for hydroxylation is 1. The van der Waals surface area contributed by atoms with Crippen molar-refractivity contribution in [1.82, 2.24) is 30.1 Å². The van der Waals surface area contributed by atoms with Gasteiger partial charge in [0.15, 0.2) is 5.82 Å². The van der Waals surface area contributed by atoms with E-state index in [0.29, 0.717) is 43.3 Å². The molecule has 2 aliphatic rings. The maximum absolute atomic E-state index is 14.5. The van der Waals surface area contributed by atoms with E-state index in [1.807, 2.05) is 41.9 Å². The van der Waals surface area contributed by atoms with E-state index in [2.05, 4.69) is 36.4 Å². The molecule has 192 valence electrons. The van der Waals surface area contributed by atoms with Crippen molar-refractivity contribution in [3.8, 4) is 0 Å². The normalized spacial score (nSPS) is 18.4. The Kier molecular flexibility index (Phi) is 6.46. The van der Waals surface area contributed by atoms with Crippen LogP contribution in [0.15, 0.2) is 53.3 Å². The van der Waals surface area contributed by atoms with Crippen LogP contribution in [0.25, 0.3) is 10.9 Å². The van der Waals surface area contributed by atoms with Gasteiger partial charge in [0.2, 0.25) is 0 Å². The minimum atomic E-state index is -0.395. The van der Waals surface area contributed by atoms with E-state index in [4.69, 9.17) is 0 Å². The second-order valence-electron chi connectivity index (χ2n) is 10.3. The van der Waals surface area contributed by atoms with Crippen molar-refractivity contribution in [3.05, 3.63) is 81.7 Å². The molecule has 0 bridgehead atoms. The molecule has 2 fully saturated rings. The summed E-state index contributed by atoms with van der Waals surface area (Å²) in [7, 11) is 0. The number of rotatable bonds is 5. The summed E-state index contributed by atoms with van der Waals surface area (Å²) in [6.07, 6.45) is 5.63. The highest BCUT2D eigenvalue weighted by molar-refractivity contribution is 5.79. The highest BCUT2D eigenvalue weighted by Gasteiger charge is 2.34. The van der Waals surface area contributed by atoms with Crippen LogP contribution in [0.3, 0.4) is 0 Å². The van der Waals surface area contributed by atoms with E-state index in [9.17, 15) is 9.18 Å². The molecule has 0 radical (unpaired) electrons. The van der Waals surface area contributed by atoms with E-state index in [0.717, 1.165) is 42.1 Å². The van der Waals surface area contributed by atoms with Crippen LogP contribution in [0.1, 0.15) is 61.1 Å². The average Bonchev–Trinajstić information content (AvgIpc) is 3.40. The maximum Gasteiger partial charge on any atom is 0.253 e. The molecule has 9 heteroatoms. The second kappa shape index (κ2) is 10.0. The Morgan fingerprint density at radius 2 is 1.78 bits per heavy atom. The monoisotopic (exact) mass is 501 g/mol. The molecule has 3 heterocycles. The summed E-state index contributed by atoms with van der Waals surface area (Å²) in [5, 5.41) is 14.0. The molecule has 8 nitrogen and oxygen atoms in total. The number of nitrogens with zero attached hydrogens (tertiary/aromatic N) is 6. The van der Waals surface area contributed by atoms with E-state index in [1.165, 1.54) is 12.5 Å². The molecule has 0 amide bonds. The van der Waals surface area contributed by atoms with Gasteiger partial charge in [-0.25, -0.2) is 9.07 Å². The van der Waals surface area contributed by atoms with E-state index in [-0.39, 0.29) is 17.4 Å². The Bertz CT molecular complexity index is 1450. The predicted octanol–water partition coefficient (Wildman–Crippen LogP) is 4.38. The fraction of sp³-hybridized carbons (Fsp3) is 0.429. The predicted molar refractivity (Wildman–Crippen MR) is 141 cm³/mol. The molecule has 1 saturated heterocycles. The summed E-state index contributed by atoms with van der Waals surface area (Å²) >= 11 is 0. The number of aromatic nitrogens is 5. The molecule has 1 N–H and O–H groups in total. The van der Waals surface area contributed by atoms with Crippen LogP contribution >= 0.6 is 0 Å². The lowest BCUT2D eigenvalue weighted by atomic mass is 9.95. The third-order valence-corrected chi connectivity index (χ3v) is 7.88. The van der Waals surface area contributed by atoms with Crippen LogP contribution in [-0.4, -0.2) is 56.3 Å². The summed E-state index contributed by atoms with van der Waals surface area (Å²) in [4.78, 5) is 20.9. The van der Waals surface area contributed by atoms with Crippen LogP contribution in [0, 0.1) is 12.7 Å².